The van der Waals surface area contributed by atoms with Crippen molar-refractivity contribution in [2.75, 3.05) is 0 Å². The normalized spacial score (nSPS) is 11.9. The number of fused-ring (bicyclic) bond motifs is 7. The number of aliphatic imine (C=N–C) groups is 1. The van der Waals surface area contributed by atoms with Crippen LogP contribution >= 0.6 is 57.6 Å². The van der Waals surface area contributed by atoms with Crippen molar-refractivity contribution in [2.45, 2.75) is 6.92 Å². The Balaban J connectivity index is 1.93. The number of thiophene rings is 4. The molecule has 106 valence electrons. The summed E-state index contributed by atoms with van der Waals surface area (Å²) in [6.45, 7) is 2.18. The molecular formula is C16H7NS5. The SMILES string of the molecule is Cc1cc2sc3c(ccc4c5sc(N=C=S)cc5sc43)c2s1. The highest BCUT2D eigenvalue weighted by Crippen LogP contribution is 2.49. The summed E-state index contributed by atoms with van der Waals surface area (Å²) in [5.74, 6) is 0. The zero-order chi connectivity index (χ0) is 14.8. The molecule has 0 atom stereocenters. The van der Waals surface area contributed by atoms with E-state index in [1.54, 1.807) is 11.3 Å². The zero-order valence-corrected chi connectivity index (χ0v) is 15.4. The smallest absolute Gasteiger partial charge is 0.129 e. The summed E-state index contributed by atoms with van der Waals surface area (Å²) in [4.78, 5) is 5.50. The van der Waals surface area contributed by atoms with Gasteiger partial charge in [0, 0.05) is 25.0 Å². The van der Waals surface area contributed by atoms with E-state index in [9.17, 15) is 0 Å². The highest BCUT2D eigenvalue weighted by Gasteiger charge is 2.15. The molecule has 22 heavy (non-hydrogen) atoms. The Morgan fingerprint density at radius 1 is 0.864 bits per heavy atom. The van der Waals surface area contributed by atoms with Gasteiger partial charge in [-0.25, -0.2) is 0 Å². The molecule has 0 fully saturated rings. The first-order valence-electron chi connectivity index (χ1n) is 6.60. The van der Waals surface area contributed by atoms with Crippen LogP contribution in [0.3, 0.4) is 0 Å². The number of isothiocyanates is 1. The van der Waals surface area contributed by atoms with Crippen molar-refractivity contribution in [3.8, 4) is 0 Å². The first-order chi connectivity index (χ1) is 10.7. The zero-order valence-electron chi connectivity index (χ0n) is 11.3. The second-order valence-electron chi connectivity index (χ2n) is 5.05. The van der Waals surface area contributed by atoms with Crippen LogP contribution in [0.25, 0.3) is 39.0 Å². The summed E-state index contributed by atoms with van der Waals surface area (Å²) in [5, 5.41) is 6.15. The van der Waals surface area contributed by atoms with Crippen LogP contribution in [0.4, 0.5) is 5.00 Å². The summed E-state index contributed by atoms with van der Waals surface area (Å²) >= 11 is 12.1. The van der Waals surface area contributed by atoms with Gasteiger partial charge in [0.15, 0.2) is 0 Å². The second kappa shape index (κ2) is 4.68. The Bertz CT molecular complexity index is 1240. The molecule has 0 radical (unpaired) electrons. The summed E-state index contributed by atoms with van der Waals surface area (Å²) in [5.41, 5.74) is 0. The van der Waals surface area contributed by atoms with Gasteiger partial charge in [-0.1, -0.05) is 12.1 Å². The highest BCUT2D eigenvalue weighted by molar-refractivity contribution is 7.78. The van der Waals surface area contributed by atoms with Crippen molar-refractivity contribution >= 4 is 107 Å². The molecule has 0 spiro atoms. The molecule has 1 aromatic carbocycles. The van der Waals surface area contributed by atoms with E-state index in [4.69, 9.17) is 12.2 Å². The van der Waals surface area contributed by atoms with Gasteiger partial charge in [0.05, 0.1) is 24.0 Å². The predicted octanol–water partition coefficient (Wildman–Crippen LogP) is 7.59. The van der Waals surface area contributed by atoms with Crippen LogP contribution in [0, 0.1) is 6.92 Å². The maximum absolute atomic E-state index is 4.71. The third-order valence-corrected chi connectivity index (χ3v) is 8.65. The summed E-state index contributed by atoms with van der Waals surface area (Å²) < 4.78 is 8.29. The van der Waals surface area contributed by atoms with Crippen molar-refractivity contribution in [1.82, 2.24) is 0 Å². The molecule has 0 aliphatic heterocycles. The second-order valence-corrected chi connectivity index (χ2v) is 9.63. The summed E-state index contributed by atoms with van der Waals surface area (Å²) in [7, 11) is 0. The number of aryl methyl sites for hydroxylation is 1. The molecule has 4 aromatic heterocycles. The Morgan fingerprint density at radius 3 is 2.18 bits per heavy atom. The van der Waals surface area contributed by atoms with E-state index in [1.165, 1.54) is 43.8 Å². The van der Waals surface area contributed by atoms with Crippen molar-refractivity contribution in [1.29, 1.82) is 0 Å². The molecule has 6 heteroatoms. The third kappa shape index (κ3) is 1.74. The molecule has 0 aliphatic carbocycles. The van der Waals surface area contributed by atoms with Crippen LogP contribution in [-0.4, -0.2) is 5.16 Å². The van der Waals surface area contributed by atoms with E-state index < -0.39 is 0 Å². The summed E-state index contributed by atoms with van der Waals surface area (Å²) in [6.07, 6.45) is 0. The molecule has 0 bridgehead atoms. The van der Waals surface area contributed by atoms with Crippen molar-refractivity contribution in [3.05, 3.63) is 29.1 Å². The van der Waals surface area contributed by atoms with E-state index in [2.05, 4.69) is 41.3 Å². The van der Waals surface area contributed by atoms with Gasteiger partial charge in [-0.2, -0.15) is 4.99 Å². The molecule has 0 saturated heterocycles. The van der Waals surface area contributed by atoms with Crippen molar-refractivity contribution < 1.29 is 0 Å². The van der Waals surface area contributed by atoms with Gasteiger partial charge in [-0.15, -0.1) is 45.3 Å². The van der Waals surface area contributed by atoms with Gasteiger partial charge < -0.3 is 0 Å². The molecule has 4 heterocycles. The number of nitrogens with zero attached hydrogens (tertiary/aromatic N) is 1. The molecule has 0 aliphatic rings. The van der Waals surface area contributed by atoms with Crippen LogP contribution in [0.1, 0.15) is 4.88 Å². The molecule has 0 unspecified atom stereocenters. The maximum atomic E-state index is 4.71. The largest absolute Gasteiger partial charge is 0.184 e. The van der Waals surface area contributed by atoms with Gasteiger partial charge in [0.2, 0.25) is 0 Å². The molecule has 1 nitrogen and oxygen atoms in total. The van der Waals surface area contributed by atoms with E-state index >= 15 is 0 Å². The molecular weight excluding hydrogens is 367 g/mol. The first-order valence-corrected chi connectivity index (χ1v) is 10.3. The lowest BCUT2D eigenvalue weighted by atomic mass is 10.2. The van der Waals surface area contributed by atoms with Crippen LogP contribution in [0.15, 0.2) is 29.3 Å². The van der Waals surface area contributed by atoms with E-state index in [-0.39, 0.29) is 0 Å². The lowest BCUT2D eigenvalue weighted by Crippen LogP contribution is -1.64. The maximum Gasteiger partial charge on any atom is 0.129 e. The standard InChI is InChI=1S/C16H7NS5/c1-7-4-10-13(19-7)8-2-3-9-14-11(5-12(22-14)17-6-18)21-16(9)15(8)20-10/h2-5H,1H3. The fourth-order valence-electron chi connectivity index (χ4n) is 2.82. The monoisotopic (exact) mass is 373 g/mol. The minimum Gasteiger partial charge on any atom is -0.184 e. The average molecular weight is 374 g/mol. The van der Waals surface area contributed by atoms with Crippen molar-refractivity contribution in [3.63, 3.8) is 0 Å². The third-order valence-electron chi connectivity index (χ3n) is 3.69. The molecule has 5 rings (SSSR count). The van der Waals surface area contributed by atoms with Gasteiger partial charge in [0.1, 0.15) is 5.00 Å². The predicted molar refractivity (Wildman–Crippen MR) is 107 cm³/mol. The van der Waals surface area contributed by atoms with Gasteiger partial charge in [-0.3, -0.25) is 0 Å². The Labute approximate surface area is 147 Å². The Hall–Kier alpha value is -1.14. The quantitative estimate of drug-likeness (QED) is 0.218. The lowest BCUT2D eigenvalue weighted by Gasteiger charge is -1.93. The number of benzene rings is 1. The van der Waals surface area contributed by atoms with Gasteiger partial charge in [0.25, 0.3) is 0 Å². The van der Waals surface area contributed by atoms with E-state index in [0.29, 0.717) is 0 Å². The molecule has 5 aromatic rings. The Morgan fingerprint density at radius 2 is 1.50 bits per heavy atom. The van der Waals surface area contributed by atoms with Gasteiger partial charge in [-0.05, 0) is 31.3 Å². The summed E-state index contributed by atoms with van der Waals surface area (Å²) in [6, 6.07) is 8.97. The fourth-order valence-corrected chi connectivity index (χ4v) is 8.08. The first kappa shape index (κ1) is 13.3. The molecule has 0 saturated carbocycles. The fraction of sp³-hybridized carbons (Fsp3) is 0.0625. The molecule has 0 amide bonds. The average Bonchev–Trinajstić information content (AvgIpc) is 3.17. The van der Waals surface area contributed by atoms with E-state index in [1.807, 2.05) is 34.0 Å². The number of hydrogen-bond donors (Lipinski definition) is 0. The van der Waals surface area contributed by atoms with E-state index in [0.717, 1.165) is 5.00 Å². The minimum atomic E-state index is 0.945. The number of hydrogen-bond acceptors (Lipinski definition) is 6. The van der Waals surface area contributed by atoms with Gasteiger partial charge >= 0.3 is 0 Å². The highest BCUT2D eigenvalue weighted by atomic mass is 32.1. The topological polar surface area (TPSA) is 12.4 Å². The van der Waals surface area contributed by atoms with Crippen LogP contribution in [0.2, 0.25) is 0 Å². The van der Waals surface area contributed by atoms with Crippen LogP contribution in [0.5, 0.6) is 0 Å². The van der Waals surface area contributed by atoms with Crippen LogP contribution < -0.4 is 0 Å². The number of thiocarbonyl (C=S) groups is 1. The number of rotatable bonds is 1. The lowest BCUT2D eigenvalue weighted by molar-refractivity contribution is 1.66. The Kier molecular flexibility index (Phi) is 2.83. The minimum absolute atomic E-state index is 0.945. The van der Waals surface area contributed by atoms with Crippen LogP contribution in [-0.2, 0) is 0 Å². The molecule has 0 N–H and O–H groups in total. The van der Waals surface area contributed by atoms with Crippen molar-refractivity contribution in [2.24, 2.45) is 4.99 Å².